The van der Waals surface area contributed by atoms with Gasteiger partial charge < -0.3 is 11.1 Å². The summed E-state index contributed by atoms with van der Waals surface area (Å²) in [5.74, 6) is -0.0278. The molecule has 106 valence electrons. The maximum absolute atomic E-state index is 12.0. The van der Waals surface area contributed by atoms with Gasteiger partial charge in [-0.05, 0) is 24.5 Å². The number of hydrogen-bond donors (Lipinski definition) is 2. The molecule has 0 aliphatic carbocycles. The van der Waals surface area contributed by atoms with E-state index >= 15 is 0 Å². The average molecular weight is 303 g/mol. The molecular weight excluding hydrogens is 283 g/mol. The second kappa shape index (κ2) is 7.13. The number of hydrogen-bond acceptors (Lipinski definition) is 2. The minimum Gasteiger partial charge on any atom is -0.348 e. The lowest BCUT2D eigenvalue weighted by Gasteiger charge is -2.22. The van der Waals surface area contributed by atoms with Crippen LogP contribution in [0.2, 0.25) is 10.0 Å². The Bertz CT molecular complexity index is 451. The first-order chi connectivity index (χ1) is 8.88. The molecule has 5 heteroatoms. The molecule has 0 bridgehead atoms. The highest BCUT2D eigenvalue weighted by Gasteiger charge is 2.22. The highest BCUT2D eigenvalue weighted by molar-refractivity contribution is 6.42. The zero-order valence-corrected chi connectivity index (χ0v) is 12.9. The summed E-state index contributed by atoms with van der Waals surface area (Å²) in [5, 5.41) is 3.82. The Balaban J connectivity index is 2.77. The van der Waals surface area contributed by atoms with Crippen molar-refractivity contribution in [3.8, 4) is 0 Å². The molecule has 3 unspecified atom stereocenters. The van der Waals surface area contributed by atoms with E-state index in [0.717, 1.165) is 12.0 Å². The van der Waals surface area contributed by atoms with E-state index in [1.54, 1.807) is 12.1 Å². The van der Waals surface area contributed by atoms with E-state index in [-0.39, 0.29) is 17.9 Å². The normalized spacial score (nSPS) is 15.7. The monoisotopic (exact) mass is 302 g/mol. The van der Waals surface area contributed by atoms with Gasteiger partial charge in [-0.15, -0.1) is 0 Å². The van der Waals surface area contributed by atoms with Crippen molar-refractivity contribution in [2.24, 2.45) is 11.7 Å². The summed E-state index contributed by atoms with van der Waals surface area (Å²) in [6.45, 7) is 5.83. The third kappa shape index (κ3) is 4.10. The molecular formula is C14H20Cl2N2O. The molecule has 19 heavy (non-hydrogen) atoms. The Hall–Kier alpha value is -0.770. The number of benzene rings is 1. The smallest absolute Gasteiger partial charge is 0.237 e. The van der Waals surface area contributed by atoms with Gasteiger partial charge in [-0.25, -0.2) is 0 Å². The molecule has 1 aromatic rings. The van der Waals surface area contributed by atoms with Crippen molar-refractivity contribution >= 4 is 29.1 Å². The summed E-state index contributed by atoms with van der Waals surface area (Å²) >= 11 is 12.1. The van der Waals surface area contributed by atoms with Crippen LogP contribution in [0.1, 0.15) is 38.8 Å². The van der Waals surface area contributed by atoms with Crippen LogP contribution in [0.5, 0.6) is 0 Å². The summed E-state index contributed by atoms with van der Waals surface area (Å²) in [6.07, 6.45) is 0.862. The van der Waals surface area contributed by atoms with Crippen LogP contribution in [0.15, 0.2) is 18.2 Å². The summed E-state index contributed by atoms with van der Waals surface area (Å²) in [6, 6.07) is 4.63. The molecule has 0 aromatic heterocycles. The highest BCUT2D eigenvalue weighted by Crippen LogP contribution is 2.29. The Labute approximate surface area is 124 Å². The minimum absolute atomic E-state index is 0.141. The van der Waals surface area contributed by atoms with Gasteiger partial charge in [0, 0.05) is 0 Å². The highest BCUT2D eigenvalue weighted by atomic mass is 35.5. The van der Waals surface area contributed by atoms with Crippen LogP contribution in [0.4, 0.5) is 0 Å². The van der Waals surface area contributed by atoms with Gasteiger partial charge in [0.2, 0.25) is 5.91 Å². The number of carbonyl (C=O) groups excluding carboxylic acids is 1. The lowest BCUT2D eigenvalue weighted by molar-refractivity contribution is -0.124. The van der Waals surface area contributed by atoms with Crippen molar-refractivity contribution in [1.82, 2.24) is 5.32 Å². The molecule has 0 radical (unpaired) electrons. The fraction of sp³-hybridized carbons (Fsp3) is 0.500. The molecule has 1 rings (SSSR count). The largest absolute Gasteiger partial charge is 0.348 e. The summed E-state index contributed by atoms with van der Waals surface area (Å²) in [7, 11) is 0. The molecule has 0 aliphatic heterocycles. The van der Waals surface area contributed by atoms with Crippen molar-refractivity contribution in [2.45, 2.75) is 39.3 Å². The fourth-order valence-electron chi connectivity index (χ4n) is 1.75. The van der Waals surface area contributed by atoms with Crippen molar-refractivity contribution in [3.05, 3.63) is 33.8 Å². The van der Waals surface area contributed by atoms with Crippen molar-refractivity contribution < 1.29 is 4.79 Å². The third-order valence-electron chi connectivity index (χ3n) is 3.37. The zero-order chi connectivity index (χ0) is 14.6. The molecule has 0 saturated carbocycles. The molecule has 0 saturated heterocycles. The van der Waals surface area contributed by atoms with Crippen LogP contribution in [0, 0.1) is 5.92 Å². The van der Waals surface area contributed by atoms with Gasteiger partial charge in [0.25, 0.3) is 0 Å². The molecule has 1 aromatic carbocycles. The van der Waals surface area contributed by atoms with E-state index < -0.39 is 6.04 Å². The molecule has 3 nitrogen and oxygen atoms in total. The summed E-state index contributed by atoms with van der Waals surface area (Å²) in [4.78, 5) is 12.0. The molecule has 0 heterocycles. The number of carbonyl (C=O) groups is 1. The first kappa shape index (κ1) is 16.3. The minimum atomic E-state index is -0.509. The Morgan fingerprint density at radius 3 is 2.58 bits per heavy atom. The third-order valence-corrected chi connectivity index (χ3v) is 4.20. The summed E-state index contributed by atoms with van der Waals surface area (Å²) < 4.78 is 0. The van der Waals surface area contributed by atoms with Crippen LogP contribution in [0.25, 0.3) is 0 Å². The number of nitrogens with two attached hydrogens (primary N) is 1. The predicted molar refractivity (Wildman–Crippen MR) is 80.5 cm³/mol. The maximum Gasteiger partial charge on any atom is 0.237 e. The van der Waals surface area contributed by atoms with E-state index in [2.05, 4.69) is 5.32 Å². The quantitative estimate of drug-likeness (QED) is 0.874. The SMILES string of the molecule is CCC(C)C(N)C(=O)NC(C)c1cccc(Cl)c1Cl. The Kier molecular flexibility index (Phi) is 6.11. The maximum atomic E-state index is 12.0. The lowest BCUT2D eigenvalue weighted by atomic mass is 9.98. The second-order valence-electron chi connectivity index (χ2n) is 4.78. The molecule has 0 fully saturated rings. The van der Waals surface area contributed by atoms with Crippen LogP contribution in [-0.2, 0) is 4.79 Å². The van der Waals surface area contributed by atoms with E-state index in [0.29, 0.717) is 10.0 Å². The van der Waals surface area contributed by atoms with E-state index in [9.17, 15) is 4.79 Å². The van der Waals surface area contributed by atoms with Crippen LogP contribution < -0.4 is 11.1 Å². The van der Waals surface area contributed by atoms with Crippen molar-refractivity contribution in [2.75, 3.05) is 0 Å². The molecule has 3 atom stereocenters. The van der Waals surface area contributed by atoms with Gasteiger partial charge in [0.05, 0.1) is 22.1 Å². The number of rotatable bonds is 5. The summed E-state index contributed by atoms with van der Waals surface area (Å²) in [5.41, 5.74) is 6.69. The second-order valence-corrected chi connectivity index (χ2v) is 5.57. The van der Waals surface area contributed by atoms with E-state index in [4.69, 9.17) is 28.9 Å². The van der Waals surface area contributed by atoms with Gasteiger partial charge in [-0.2, -0.15) is 0 Å². The topological polar surface area (TPSA) is 55.1 Å². The molecule has 0 spiro atoms. The van der Waals surface area contributed by atoms with Gasteiger partial charge in [0.15, 0.2) is 0 Å². The van der Waals surface area contributed by atoms with Gasteiger partial charge in [0.1, 0.15) is 0 Å². The van der Waals surface area contributed by atoms with E-state index in [1.165, 1.54) is 0 Å². The number of amides is 1. The first-order valence-electron chi connectivity index (χ1n) is 6.38. The average Bonchev–Trinajstić information content (AvgIpc) is 2.39. The molecule has 3 N–H and O–H groups in total. The molecule has 0 aliphatic rings. The van der Waals surface area contributed by atoms with Crippen LogP contribution >= 0.6 is 23.2 Å². The van der Waals surface area contributed by atoms with Gasteiger partial charge in [-0.3, -0.25) is 4.79 Å². The predicted octanol–water partition coefficient (Wildman–Crippen LogP) is 3.54. The zero-order valence-electron chi connectivity index (χ0n) is 11.4. The van der Waals surface area contributed by atoms with Crippen molar-refractivity contribution in [1.29, 1.82) is 0 Å². The lowest BCUT2D eigenvalue weighted by Crippen LogP contribution is -2.45. The van der Waals surface area contributed by atoms with E-state index in [1.807, 2.05) is 26.8 Å². The number of nitrogens with one attached hydrogen (secondary N) is 1. The van der Waals surface area contributed by atoms with Crippen molar-refractivity contribution in [3.63, 3.8) is 0 Å². The van der Waals surface area contributed by atoms with Gasteiger partial charge in [-0.1, -0.05) is 55.6 Å². The Morgan fingerprint density at radius 2 is 2.00 bits per heavy atom. The van der Waals surface area contributed by atoms with Crippen LogP contribution in [-0.4, -0.2) is 11.9 Å². The fourth-order valence-corrected chi connectivity index (χ4v) is 2.23. The Morgan fingerprint density at radius 1 is 1.37 bits per heavy atom. The number of halogens is 2. The standard InChI is InChI=1S/C14H20Cl2N2O/c1-4-8(2)13(17)14(19)18-9(3)10-6-5-7-11(15)12(10)16/h5-9,13H,4,17H2,1-3H3,(H,18,19). The van der Waals surface area contributed by atoms with Gasteiger partial charge >= 0.3 is 0 Å². The molecule has 1 amide bonds. The first-order valence-corrected chi connectivity index (χ1v) is 7.13. The van der Waals surface area contributed by atoms with Crippen LogP contribution in [0.3, 0.4) is 0 Å².